The average molecular weight is 303 g/mol. The van der Waals surface area contributed by atoms with E-state index in [0.717, 1.165) is 19.0 Å². The second-order valence-corrected chi connectivity index (χ2v) is 5.84. The van der Waals surface area contributed by atoms with E-state index in [0.29, 0.717) is 25.7 Å². The molecule has 1 heterocycles. The monoisotopic (exact) mass is 303 g/mol. The molecule has 0 bridgehead atoms. The van der Waals surface area contributed by atoms with E-state index in [1.54, 1.807) is 7.05 Å². The topological polar surface area (TPSA) is 54.9 Å². The minimum atomic E-state index is 0.111. The SMILES string of the molecule is CN=C(NCC1COCCO1)NCC1CCc2ccccc21. The Labute approximate surface area is 132 Å². The summed E-state index contributed by atoms with van der Waals surface area (Å²) in [6.45, 7) is 3.67. The lowest BCUT2D eigenvalue weighted by atomic mass is 10.0. The van der Waals surface area contributed by atoms with Crippen molar-refractivity contribution >= 4 is 5.96 Å². The molecule has 5 heteroatoms. The van der Waals surface area contributed by atoms with Gasteiger partial charge in [0.2, 0.25) is 0 Å². The van der Waals surface area contributed by atoms with Gasteiger partial charge in [0.25, 0.3) is 0 Å². The maximum atomic E-state index is 5.63. The summed E-state index contributed by atoms with van der Waals surface area (Å²) in [6.07, 6.45) is 2.50. The van der Waals surface area contributed by atoms with Crippen LogP contribution in [0.1, 0.15) is 23.5 Å². The van der Waals surface area contributed by atoms with Crippen molar-refractivity contribution in [2.24, 2.45) is 4.99 Å². The van der Waals surface area contributed by atoms with Crippen LogP contribution in [0, 0.1) is 0 Å². The van der Waals surface area contributed by atoms with Crippen molar-refractivity contribution < 1.29 is 9.47 Å². The first kappa shape index (κ1) is 15.3. The van der Waals surface area contributed by atoms with Crippen LogP contribution in [0.2, 0.25) is 0 Å². The third kappa shape index (κ3) is 3.78. The number of ether oxygens (including phenoxy) is 2. The molecule has 1 saturated heterocycles. The molecule has 0 aromatic heterocycles. The Morgan fingerprint density at radius 3 is 2.91 bits per heavy atom. The molecule has 1 aromatic carbocycles. The zero-order valence-corrected chi connectivity index (χ0v) is 13.2. The lowest BCUT2D eigenvalue weighted by molar-refractivity contribution is -0.0850. The predicted octanol–water partition coefficient (Wildman–Crippen LogP) is 1.30. The van der Waals surface area contributed by atoms with E-state index < -0.39 is 0 Å². The van der Waals surface area contributed by atoms with Crippen LogP contribution < -0.4 is 10.6 Å². The Morgan fingerprint density at radius 2 is 2.09 bits per heavy atom. The lowest BCUT2D eigenvalue weighted by Gasteiger charge is -2.24. The molecule has 1 aromatic rings. The minimum Gasteiger partial charge on any atom is -0.376 e. The molecular formula is C17H25N3O2. The number of fused-ring (bicyclic) bond motifs is 1. The highest BCUT2D eigenvalue weighted by Crippen LogP contribution is 2.31. The fourth-order valence-electron chi connectivity index (χ4n) is 3.16. The Hall–Kier alpha value is -1.59. The molecule has 1 aliphatic carbocycles. The molecule has 2 N–H and O–H groups in total. The first-order valence-corrected chi connectivity index (χ1v) is 8.08. The molecule has 3 rings (SSSR count). The smallest absolute Gasteiger partial charge is 0.191 e. The molecule has 5 nitrogen and oxygen atoms in total. The summed E-state index contributed by atoms with van der Waals surface area (Å²) in [5.74, 6) is 1.41. The number of hydrogen-bond donors (Lipinski definition) is 2. The molecule has 0 radical (unpaired) electrons. The number of rotatable bonds is 4. The van der Waals surface area contributed by atoms with Gasteiger partial charge in [0.05, 0.1) is 25.9 Å². The molecule has 22 heavy (non-hydrogen) atoms. The number of hydrogen-bond acceptors (Lipinski definition) is 3. The Kier molecular flexibility index (Phi) is 5.29. The lowest BCUT2D eigenvalue weighted by Crippen LogP contribution is -2.45. The van der Waals surface area contributed by atoms with Crippen LogP contribution in [-0.4, -0.2) is 52.0 Å². The largest absolute Gasteiger partial charge is 0.376 e. The van der Waals surface area contributed by atoms with Gasteiger partial charge in [-0.3, -0.25) is 4.99 Å². The third-order valence-corrected chi connectivity index (χ3v) is 4.38. The highest BCUT2D eigenvalue weighted by molar-refractivity contribution is 5.79. The van der Waals surface area contributed by atoms with E-state index in [9.17, 15) is 0 Å². The summed E-state index contributed by atoms with van der Waals surface area (Å²) in [6, 6.07) is 8.74. The zero-order valence-electron chi connectivity index (χ0n) is 13.2. The normalized spacial score (nSPS) is 24.9. The fourth-order valence-corrected chi connectivity index (χ4v) is 3.16. The highest BCUT2D eigenvalue weighted by atomic mass is 16.6. The van der Waals surface area contributed by atoms with Crippen molar-refractivity contribution in [3.05, 3.63) is 35.4 Å². The number of aryl methyl sites for hydroxylation is 1. The Bertz CT molecular complexity index is 512. The van der Waals surface area contributed by atoms with E-state index >= 15 is 0 Å². The number of guanidine groups is 1. The molecule has 2 unspecified atom stereocenters. The predicted molar refractivity (Wildman–Crippen MR) is 87.4 cm³/mol. The summed E-state index contributed by atoms with van der Waals surface area (Å²) >= 11 is 0. The molecule has 2 aliphatic rings. The van der Waals surface area contributed by atoms with E-state index in [-0.39, 0.29) is 6.10 Å². The van der Waals surface area contributed by atoms with Crippen molar-refractivity contribution in [3.63, 3.8) is 0 Å². The summed E-state index contributed by atoms with van der Waals surface area (Å²) < 4.78 is 11.0. The van der Waals surface area contributed by atoms with Gasteiger partial charge in [-0.25, -0.2) is 0 Å². The maximum absolute atomic E-state index is 5.63. The van der Waals surface area contributed by atoms with Crippen LogP contribution in [-0.2, 0) is 15.9 Å². The van der Waals surface area contributed by atoms with Crippen molar-refractivity contribution in [3.8, 4) is 0 Å². The molecule has 1 aliphatic heterocycles. The van der Waals surface area contributed by atoms with Gasteiger partial charge in [-0.2, -0.15) is 0 Å². The van der Waals surface area contributed by atoms with Gasteiger partial charge in [0.1, 0.15) is 0 Å². The third-order valence-electron chi connectivity index (χ3n) is 4.38. The van der Waals surface area contributed by atoms with Gasteiger partial charge in [0, 0.05) is 26.1 Å². The highest BCUT2D eigenvalue weighted by Gasteiger charge is 2.22. The quantitative estimate of drug-likeness (QED) is 0.650. The van der Waals surface area contributed by atoms with Crippen LogP contribution >= 0.6 is 0 Å². The average Bonchev–Trinajstić information content (AvgIpc) is 2.99. The van der Waals surface area contributed by atoms with Gasteiger partial charge < -0.3 is 20.1 Å². The summed E-state index contributed by atoms with van der Waals surface area (Å²) in [4.78, 5) is 4.29. The van der Waals surface area contributed by atoms with Crippen LogP contribution in [0.3, 0.4) is 0 Å². The van der Waals surface area contributed by atoms with Crippen LogP contribution in [0.4, 0.5) is 0 Å². The van der Waals surface area contributed by atoms with Gasteiger partial charge >= 0.3 is 0 Å². The van der Waals surface area contributed by atoms with E-state index in [1.807, 2.05) is 0 Å². The molecule has 2 atom stereocenters. The number of nitrogens with zero attached hydrogens (tertiary/aromatic N) is 1. The summed E-state index contributed by atoms with van der Waals surface area (Å²) in [7, 11) is 1.80. The summed E-state index contributed by atoms with van der Waals surface area (Å²) in [5, 5.41) is 6.76. The second kappa shape index (κ2) is 7.61. The van der Waals surface area contributed by atoms with Gasteiger partial charge in [0.15, 0.2) is 5.96 Å². The summed E-state index contributed by atoms with van der Waals surface area (Å²) in [5.41, 5.74) is 2.97. The first-order valence-electron chi connectivity index (χ1n) is 8.08. The zero-order chi connectivity index (χ0) is 15.2. The van der Waals surface area contributed by atoms with Crippen molar-refractivity contribution in [1.82, 2.24) is 10.6 Å². The molecule has 120 valence electrons. The number of aliphatic imine (C=N–C) groups is 1. The molecule has 1 fully saturated rings. The molecule has 0 amide bonds. The van der Waals surface area contributed by atoms with Gasteiger partial charge in [-0.1, -0.05) is 24.3 Å². The minimum absolute atomic E-state index is 0.111. The van der Waals surface area contributed by atoms with Crippen LogP contribution in [0.25, 0.3) is 0 Å². The Balaban J connectivity index is 1.45. The van der Waals surface area contributed by atoms with E-state index in [4.69, 9.17) is 9.47 Å². The maximum Gasteiger partial charge on any atom is 0.191 e. The molecule has 0 spiro atoms. The van der Waals surface area contributed by atoms with Crippen LogP contribution in [0.5, 0.6) is 0 Å². The Morgan fingerprint density at radius 1 is 1.23 bits per heavy atom. The van der Waals surface area contributed by atoms with Crippen molar-refractivity contribution in [2.75, 3.05) is 40.0 Å². The standard InChI is InChI=1S/C17H25N3O2/c1-18-17(20-11-15-12-21-8-9-22-15)19-10-14-7-6-13-4-2-3-5-16(13)14/h2-5,14-15H,6-12H2,1H3,(H2,18,19,20). The van der Waals surface area contributed by atoms with E-state index in [1.165, 1.54) is 24.0 Å². The number of nitrogens with one attached hydrogen (secondary N) is 2. The second-order valence-electron chi connectivity index (χ2n) is 5.84. The van der Waals surface area contributed by atoms with Gasteiger partial charge in [-0.05, 0) is 24.0 Å². The molecule has 0 saturated carbocycles. The van der Waals surface area contributed by atoms with Crippen molar-refractivity contribution in [1.29, 1.82) is 0 Å². The fraction of sp³-hybridized carbons (Fsp3) is 0.588. The van der Waals surface area contributed by atoms with Crippen LogP contribution in [0.15, 0.2) is 29.3 Å². The van der Waals surface area contributed by atoms with Crippen molar-refractivity contribution in [2.45, 2.75) is 24.9 Å². The van der Waals surface area contributed by atoms with Gasteiger partial charge in [-0.15, -0.1) is 0 Å². The number of benzene rings is 1. The molecular weight excluding hydrogens is 278 g/mol. The van der Waals surface area contributed by atoms with E-state index in [2.05, 4.69) is 39.9 Å². The first-order chi connectivity index (χ1) is 10.9.